The van der Waals surface area contributed by atoms with Crippen LogP contribution < -0.4 is 5.32 Å². The predicted octanol–water partition coefficient (Wildman–Crippen LogP) is 4.83. The highest BCUT2D eigenvalue weighted by atomic mass is 35.5. The Kier molecular flexibility index (Phi) is 5.95. The van der Waals surface area contributed by atoms with Gasteiger partial charge in [-0.3, -0.25) is 0 Å². The summed E-state index contributed by atoms with van der Waals surface area (Å²) in [5, 5.41) is 3.73. The van der Waals surface area contributed by atoms with Gasteiger partial charge in [-0.05, 0) is 36.6 Å². The maximum atomic E-state index is 11.0. The van der Waals surface area contributed by atoms with E-state index in [0.29, 0.717) is 10.0 Å². The first-order valence-corrected chi connectivity index (χ1v) is 6.98. The third kappa shape index (κ3) is 5.29. The van der Waals surface area contributed by atoms with E-state index in [1.165, 1.54) is 0 Å². The van der Waals surface area contributed by atoms with Gasteiger partial charge in [0, 0.05) is 10.0 Å². The van der Waals surface area contributed by atoms with Crippen molar-refractivity contribution in [3.05, 3.63) is 33.8 Å². The summed E-state index contributed by atoms with van der Waals surface area (Å²) in [6.07, 6.45) is -0.739. The molecular formula is C14H19Cl2NO2. The normalized spacial score (nSPS) is 21.5. The average Bonchev–Trinajstić information content (AvgIpc) is 2.55. The maximum absolute atomic E-state index is 11.0. The number of cyclic esters (lactones) is 1. The number of hydrogen-bond acceptors (Lipinski definition) is 2. The number of carbonyl (C=O) groups is 1. The molecule has 2 atom stereocenters. The van der Waals surface area contributed by atoms with Crippen molar-refractivity contribution in [3.8, 4) is 0 Å². The van der Waals surface area contributed by atoms with Crippen molar-refractivity contribution in [1.82, 2.24) is 5.32 Å². The molecule has 0 radical (unpaired) electrons. The Morgan fingerprint density at radius 2 is 1.63 bits per heavy atom. The average molecular weight is 304 g/mol. The molecule has 3 nitrogen and oxygen atoms in total. The van der Waals surface area contributed by atoms with Crippen molar-refractivity contribution < 1.29 is 9.53 Å². The van der Waals surface area contributed by atoms with E-state index in [0.717, 1.165) is 11.5 Å². The molecular weight excluding hydrogens is 285 g/mol. The Morgan fingerprint density at radius 3 is 2.00 bits per heavy atom. The van der Waals surface area contributed by atoms with Crippen molar-refractivity contribution in [2.24, 2.45) is 5.92 Å². The third-order valence-electron chi connectivity index (χ3n) is 2.25. The van der Waals surface area contributed by atoms with Crippen LogP contribution in [0.2, 0.25) is 10.0 Å². The lowest BCUT2D eigenvalue weighted by Gasteiger charge is -2.13. The Morgan fingerprint density at radius 1 is 1.16 bits per heavy atom. The standard InChI is InChI=1S/C10H9Cl2NO2.C4H10/c1-5-9(15-10(14)13-5)6-2-7(11)4-8(12)3-6;1-4(2)3/h2-5,9H,1H3,(H,13,14);4H,1-3H3/t5-,9-;/m1./s1. The minimum absolute atomic E-state index is 0.0768. The molecule has 0 saturated carbocycles. The number of rotatable bonds is 1. The molecule has 1 aliphatic heterocycles. The maximum Gasteiger partial charge on any atom is 0.408 e. The minimum atomic E-state index is -0.413. The molecule has 5 heteroatoms. The zero-order valence-electron chi connectivity index (χ0n) is 11.5. The summed E-state index contributed by atoms with van der Waals surface area (Å²) in [5.74, 6) is 0.833. The van der Waals surface area contributed by atoms with Crippen LogP contribution in [0.15, 0.2) is 18.2 Å². The number of benzene rings is 1. The molecule has 19 heavy (non-hydrogen) atoms. The number of nitrogens with one attached hydrogen (secondary N) is 1. The largest absolute Gasteiger partial charge is 0.439 e. The second kappa shape index (κ2) is 7.01. The van der Waals surface area contributed by atoms with Gasteiger partial charge in [-0.15, -0.1) is 0 Å². The second-order valence-corrected chi connectivity index (χ2v) is 6.07. The van der Waals surface area contributed by atoms with Crippen molar-refractivity contribution >= 4 is 29.3 Å². The minimum Gasteiger partial charge on any atom is -0.439 e. The van der Waals surface area contributed by atoms with Crippen LogP contribution in [0.25, 0.3) is 0 Å². The zero-order valence-corrected chi connectivity index (χ0v) is 13.0. The van der Waals surface area contributed by atoms with Gasteiger partial charge < -0.3 is 10.1 Å². The number of ether oxygens (including phenoxy) is 1. The fourth-order valence-corrected chi connectivity index (χ4v) is 2.15. The molecule has 0 bridgehead atoms. The summed E-state index contributed by atoms with van der Waals surface area (Å²) in [7, 11) is 0. The first-order valence-electron chi connectivity index (χ1n) is 6.22. The highest BCUT2D eigenvalue weighted by Crippen LogP contribution is 2.30. The summed E-state index contributed by atoms with van der Waals surface area (Å²) >= 11 is 11.7. The third-order valence-corrected chi connectivity index (χ3v) is 2.68. The van der Waals surface area contributed by atoms with Gasteiger partial charge in [-0.25, -0.2) is 4.79 Å². The van der Waals surface area contributed by atoms with Crippen molar-refractivity contribution in [3.63, 3.8) is 0 Å². The van der Waals surface area contributed by atoms with Crippen LogP contribution in [0.5, 0.6) is 0 Å². The van der Waals surface area contributed by atoms with Crippen LogP contribution in [0, 0.1) is 5.92 Å². The molecule has 1 amide bonds. The Balaban J connectivity index is 0.000000399. The van der Waals surface area contributed by atoms with E-state index < -0.39 is 6.09 Å². The number of halogens is 2. The molecule has 0 aromatic heterocycles. The van der Waals surface area contributed by atoms with Gasteiger partial charge in [0.25, 0.3) is 0 Å². The van der Waals surface area contributed by atoms with Crippen molar-refractivity contribution in [2.45, 2.75) is 39.8 Å². The van der Waals surface area contributed by atoms with Crippen molar-refractivity contribution in [2.75, 3.05) is 0 Å². The number of hydrogen-bond donors (Lipinski definition) is 1. The molecule has 1 aromatic carbocycles. The quantitative estimate of drug-likeness (QED) is 0.807. The van der Waals surface area contributed by atoms with Gasteiger partial charge in [0.15, 0.2) is 0 Å². The number of alkyl carbamates (subject to hydrolysis) is 1. The fraction of sp³-hybridized carbons (Fsp3) is 0.500. The first kappa shape index (κ1) is 16.1. The van der Waals surface area contributed by atoms with Gasteiger partial charge in [-0.1, -0.05) is 44.0 Å². The molecule has 1 aromatic rings. The molecule has 1 saturated heterocycles. The summed E-state index contributed by atoms with van der Waals surface area (Å²) in [6, 6.07) is 5.05. The fourth-order valence-electron chi connectivity index (χ4n) is 1.61. The topological polar surface area (TPSA) is 38.3 Å². The van der Waals surface area contributed by atoms with Gasteiger partial charge in [-0.2, -0.15) is 0 Å². The molecule has 0 aliphatic carbocycles. The summed E-state index contributed by atoms with van der Waals surface area (Å²) < 4.78 is 5.10. The van der Waals surface area contributed by atoms with Gasteiger partial charge in [0.2, 0.25) is 0 Å². The molecule has 1 fully saturated rings. The SMILES string of the molecule is CC(C)C.C[C@H]1NC(=O)O[C@H]1c1cc(Cl)cc(Cl)c1. The van der Waals surface area contributed by atoms with Crippen LogP contribution in [0.1, 0.15) is 39.4 Å². The lowest BCUT2D eigenvalue weighted by atomic mass is 10.0. The summed E-state index contributed by atoms with van der Waals surface area (Å²) in [6.45, 7) is 8.37. The van der Waals surface area contributed by atoms with Crippen LogP contribution in [-0.4, -0.2) is 12.1 Å². The van der Waals surface area contributed by atoms with E-state index in [4.69, 9.17) is 27.9 Å². The highest BCUT2D eigenvalue weighted by Gasteiger charge is 2.32. The lowest BCUT2D eigenvalue weighted by molar-refractivity contribution is 0.134. The monoisotopic (exact) mass is 303 g/mol. The van der Waals surface area contributed by atoms with Gasteiger partial charge >= 0.3 is 6.09 Å². The molecule has 0 spiro atoms. The van der Waals surface area contributed by atoms with E-state index in [2.05, 4.69) is 26.1 Å². The zero-order chi connectivity index (χ0) is 14.6. The predicted molar refractivity (Wildman–Crippen MR) is 78.8 cm³/mol. The number of amides is 1. The molecule has 1 aliphatic rings. The van der Waals surface area contributed by atoms with Crippen molar-refractivity contribution in [1.29, 1.82) is 0 Å². The van der Waals surface area contributed by atoms with E-state index in [1.54, 1.807) is 18.2 Å². The number of carbonyl (C=O) groups excluding carboxylic acids is 1. The molecule has 1 N–H and O–H groups in total. The van der Waals surface area contributed by atoms with Crippen LogP contribution >= 0.6 is 23.2 Å². The molecule has 0 unspecified atom stereocenters. The highest BCUT2D eigenvalue weighted by molar-refractivity contribution is 6.34. The summed E-state index contributed by atoms with van der Waals surface area (Å²) in [5.41, 5.74) is 0.804. The summed E-state index contributed by atoms with van der Waals surface area (Å²) in [4.78, 5) is 11.0. The molecule has 106 valence electrons. The first-order chi connectivity index (χ1) is 8.79. The molecule has 1 heterocycles. The Hall–Kier alpha value is -0.930. The van der Waals surface area contributed by atoms with Gasteiger partial charge in [0.1, 0.15) is 6.10 Å². The van der Waals surface area contributed by atoms with Crippen LogP contribution in [-0.2, 0) is 4.74 Å². The van der Waals surface area contributed by atoms with Gasteiger partial charge in [0.05, 0.1) is 6.04 Å². The smallest absolute Gasteiger partial charge is 0.408 e. The van der Waals surface area contributed by atoms with E-state index in [-0.39, 0.29) is 12.1 Å². The van der Waals surface area contributed by atoms with E-state index in [1.807, 2.05) is 6.92 Å². The van der Waals surface area contributed by atoms with E-state index >= 15 is 0 Å². The Bertz CT molecular complexity index is 426. The van der Waals surface area contributed by atoms with E-state index in [9.17, 15) is 4.79 Å². The second-order valence-electron chi connectivity index (χ2n) is 5.19. The molecule has 2 rings (SSSR count). The van der Waals surface area contributed by atoms with Crippen LogP contribution in [0.3, 0.4) is 0 Å². The Labute approximate surface area is 124 Å². The lowest BCUT2D eigenvalue weighted by Crippen LogP contribution is -2.23. The van der Waals surface area contributed by atoms with Crippen LogP contribution in [0.4, 0.5) is 4.79 Å².